The van der Waals surface area contributed by atoms with Gasteiger partial charge in [-0.3, -0.25) is 4.90 Å². The van der Waals surface area contributed by atoms with Gasteiger partial charge in [-0.15, -0.1) is 0 Å². The van der Waals surface area contributed by atoms with Crippen molar-refractivity contribution in [2.75, 3.05) is 19.6 Å². The van der Waals surface area contributed by atoms with Crippen molar-refractivity contribution in [2.24, 2.45) is 0 Å². The summed E-state index contributed by atoms with van der Waals surface area (Å²) in [7, 11) is 0. The van der Waals surface area contributed by atoms with Gasteiger partial charge in [-0.2, -0.15) is 5.26 Å². The Morgan fingerprint density at radius 1 is 1.14 bits per heavy atom. The van der Waals surface area contributed by atoms with Crippen LogP contribution in [0.1, 0.15) is 12.0 Å². The van der Waals surface area contributed by atoms with Crippen LogP contribution in [0.25, 0.3) is 10.8 Å². The van der Waals surface area contributed by atoms with Crippen LogP contribution in [-0.2, 0) is 6.61 Å². The maximum Gasteiger partial charge on any atom is 0.213 e. The minimum absolute atomic E-state index is 0.0865. The molecule has 1 saturated heterocycles. The van der Waals surface area contributed by atoms with Crippen LogP contribution in [0, 0.1) is 11.3 Å². The van der Waals surface area contributed by atoms with Gasteiger partial charge in [-0.25, -0.2) is 4.98 Å². The minimum atomic E-state index is 0.0865. The molecule has 0 amide bonds. The van der Waals surface area contributed by atoms with Crippen molar-refractivity contribution in [1.82, 2.24) is 9.88 Å². The molecule has 142 valence electrons. The summed E-state index contributed by atoms with van der Waals surface area (Å²) < 4.78 is 11.9. The Morgan fingerprint density at radius 3 is 2.79 bits per heavy atom. The average Bonchev–Trinajstić information content (AvgIpc) is 3.16. The highest BCUT2D eigenvalue weighted by molar-refractivity contribution is 6.35. The summed E-state index contributed by atoms with van der Waals surface area (Å²) in [5.41, 5.74) is 0.962. The molecule has 0 radical (unpaired) electrons. The molecule has 2 aromatic carbocycles. The Hall–Kier alpha value is -2.81. The van der Waals surface area contributed by atoms with Crippen LogP contribution in [0.5, 0.6) is 11.6 Å². The third-order valence-corrected chi connectivity index (χ3v) is 5.16. The van der Waals surface area contributed by atoms with Crippen molar-refractivity contribution < 1.29 is 9.47 Å². The molecule has 0 spiro atoms. The molecule has 5 nitrogen and oxygen atoms in total. The number of hydrogen-bond donors (Lipinski definition) is 0. The molecule has 1 aromatic heterocycles. The first-order valence-electron chi connectivity index (χ1n) is 9.24. The summed E-state index contributed by atoms with van der Waals surface area (Å²) in [5.74, 6) is 1.40. The number of halogens is 1. The van der Waals surface area contributed by atoms with Gasteiger partial charge >= 0.3 is 0 Å². The van der Waals surface area contributed by atoms with Gasteiger partial charge in [0.1, 0.15) is 18.5 Å². The maximum absolute atomic E-state index is 8.77. The van der Waals surface area contributed by atoms with Crippen LogP contribution in [0.2, 0.25) is 5.02 Å². The van der Waals surface area contributed by atoms with Gasteiger partial charge in [0.05, 0.1) is 12.6 Å². The molecule has 1 aliphatic heterocycles. The molecule has 1 fully saturated rings. The molecule has 1 unspecified atom stereocenters. The van der Waals surface area contributed by atoms with Crippen LogP contribution >= 0.6 is 11.6 Å². The number of fused-ring (bicyclic) bond motifs is 1. The van der Waals surface area contributed by atoms with E-state index in [0.29, 0.717) is 24.1 Å². The minimum Gasteiger partial charge on any atom is -0.488 e. The SMILES string of the molecule is N#CCN1CCC(Oc2ccc(COc3ccc(Cl)c4ccccc34)cn2)C1. The summed E-state index contributed by atoms with van der Waals surface area (Å²) in [6, 6.07) is 17.7. The highest BCUT2D eigenvalue weighted by Crippen LogP contribution is 2.31. The number of rotatable bonds is 6. The lowest BCUT2D eigenvalue weighted by atomic mass is 10.1. The van der Waals surface area contributed by atoms with Crippen LogP contribution in [0.4, 0.5) is 0 Å². The van der Waals surface area contributed by atoms with Gasteiger partial charge in [-0.05, 0) is 24.6 Å². The summed E-state index contributed by atoms with van der Waals surface area (Å²) in [6.07, 6.45) is 2.77. The van der Waals surface area contributed by atoms with Gasteiger partial charge in [0.25, 0.3) is 0 Å². The van der Waals surface area contributed by atoms with E-state index in [1.54, 1.807) is 6.20 Å². The van der Waals surface area contributed by atoms with Crippen LogP contribution in [0.3, 0.4) is 0 Å². The number of aromatic nitrogens is 1. The molecule has 0 saturated carbocycles. The fraction of sp³-hybridized carbons (Fsp3) is 0.273. The van der Waals surface area contributed by atoms with Gasteiger partial charge in [-0.1, -0.05) is 35.9 Å². The Morgan fingerprint density at radius 2 is 2.00 bits per heavy atom. The van der Waals surface area contributed by atoms with Crippen molar-refractivity contribution in [3.8, 4) is 17.7 Å². The first-order chi connectivity index (χ1) is 13.7. The molecule has 1 aliphatic rings. The van der Waals surface area contributed by atoms with E-state index in [2.05, 4.69) is 16.0 Å². The number of nitrogens with zero attached hydrogens (tertiary/aromatic N) is 3. The van der Waals surface area contributed by atoms with Gasteiger partial charge in [0.2, 0.25) is 5.88 Å². The van der Waals surface area contributed by atoms with Crippen molar-refractivity contribution in [1.29, 1.82) is 5.26 Å². The molecule has 2 heterocycles. The third kappa shape index (κ3) is 4.19. The molecule has 6 heteroatoms. The molecular formula is C22H20ClN3O2. The van der Waals surface area contributed by atoms with Gasteiger partial charge in [0, 0.05) is 46.7 Å². The molecule has 1 atom stereocenters. The second kappa shape index (κ2) is 8.47. The molecule has 0 bridgehead atoms. The summed E-state index contributed by atoms with van der Waals surface area (Å²) in [4.78, 5) is 6.48. The van der Waals surface area contributed by atoms with Crippen molar-refractivity contribution >= 4 is 22.4 Å². The summed E-state index contributed by atoms with van der Waals surface area (Å²) >= 11 is 6.26. The quantitative estimate of drug-likeness (QED) is 0.579. The number of ether oxygens (including phenoxy) is 2. The van der Waals surface area contributed by atoms with Crippen LogP contribution in [-0.4, -0.2) is 35.6 Å². The predicted molar refractivity (Wildman–Crippen MR) is 109 cm³/mol. The molecular weight excluding hydrogens is 374 g/mol. The highest BCUT2D eigenvalue weighted by Gasteiger charge is 2.23. The second-order valence-electron chi connectivity index (χ2n) is 6.81. The third-order valence-electron chi connectivity index (χ3n) is 4.83. The molecule has 4 rings (SSSR count). The van der Waals surface area contributed by atoms with E-state index in [0.717, 1.165) is 41.6 Å². The largest absolute Gasteiger partial charge is 0.488 e. The molecule has 3 aromatic rings. The van der Waals surface area contributed by atoms with E-state index in [1.165, 1.54) is 0 Å². The van der Waals surface area contributed by atoms with Gasteiger partial charge in [0.15, 0.2) is 0 Å². The van der Waals surface area contributed by atoms with Gasteiger partial charge < -0.3 is 9.47 Å². The highest BCUT2D eigenvalue weighted by atomic mass is 35.5. The normalized spacial score (nSPS) is 16.8. The molecule has 0 aliphatic carbocycles. The first kappa shape index (κ1) is 18.5. The van der Waals surface area contributed by atoms with Crippen molar-refractivity contribution in [2.45, 2.75) is 19.1 Å². The molecule has 0 N–H and O–H groups in total. The fourth-order valence-electron chi connectivity index (χ4n) is 3.40. The van der Waals surface area contributed by atoms with E-state index in [4.69, 9.17) is 26.3 Å². The maximum atomic E-state index is 8.77. The lowest BCUT2D eigenvalue weighted by Crippen LogP contribution is -2.25. The summed E-state index contributed by atoms with van der Waals surface area (Å²) in [6.45, 7) is 2.52. The standard InChI is InChI=1S/C22H20ClN3O2/c23-20-6-7-21(19-4-2-1-3-18(19)20)27-15-16-5-8-22(25-13-16)28-17-9-11-26(14-17)12-10-24/h1-8,13,17H,9,11-12,14-15H2. The first-order valence-corrected chi connectivity index (χ1v) is 9.61. The zero-order valence-electron chi connectivity index (χ0n) is 15.3. The van der Waals surface area contributed by atoms with Crippen molar-refractivity contribution in [3.63, 3.8) is 0 Å². The Kier molecular flexibility index (Phi) is 5.61. The van der Waals surface area contributed by atoms with Crippen molar-refractivity contribution in [3.05, 3.63) is 65.3 Å². The number of benzene rings is 2. The van der Waals surface area contributed by atoms with E-state index in [-0.39, 0.29) is 6.10 Å². The number of likely N-dealkylation sites (tertiary alicyclic amines) is 1. The Balaban J connectivity index is 1.37. The van der Waals surface area contributed by atoms with E-state index < -0.39 is 0 Å². The zero-order valence-corrected chi connectivity index (χ0v) is 16.1. The molecule has 28 heavy (non-hydrogen) atoms. The van der Waals surface area contributed by atoms with Crippen LogP contribution < -0.4 is 9.47 Å². The van der Waals surface area contributed by atoms with E-state index in [1.807, 2.05) is 48.5 Å². The van der Waals surface area contributed by atoms with E-state index in [9.17, 15) is 0 Å². The van der Waals surface area contributed by atoms with Crippen LogP contribution in [0.15, 0.2) is 54.7 Å². The number of nitriles is 1. The van der Waals surface area contributed by atoms with E-state index >= 15 is 0 Å². The number of pyridine rings is 1. The topological polar surface area (TPSA) is 58.4 Å². The second-order valence-corrected chi connectivity index (χ2v) is 7.21. The lowest BCUT2D eigenvalue weighted by Gasteiger charge is -2.14. The Labute approximate surface area is 169 Å². The average molecular weight is 394 g/mol. The smallest absolute Gasteiger partial charge is 0.213 e. The predicted octanol–water partition coefficient (Wildman–Crippen LogP) is 4.44. The zero-order chi connectivity index (χ0) is 19.3. The number of hydrogen-bond acceptors (Lipinski definition) is 5. The lowest BCUT2D eigenvalue weighted by molar-refractivity contribution is 0.197. The fourth-order valence-corrected chi connectivity index (χ4v) is 3.62. The monoisotopic (exact) mass is 393 g/mol. The summed E-state index contributed by atoms with van der Waals surface area (Å²) in [5, 5.41) is 11.5. The Bertz CT molecular complexity index is 1000.